The van der Waals surface area contributed by atoms with Gasteiger partial charge in [-0.1, -0.05) is 23.8 Å². The molecule has 7 heteroatoms. The van der Waals surface area contributed by atoms with Crippen LogP contribution < -0.4 is 16.2 Å². The van der Waals surface area contributed by atoms with Crippen LogP contribution in [0.15, 0.2) is 69.1 Å². The van der Waals surface area contributed by atoms with E-state index in [-0.39, 0.29) is 5.56 Å². The average Bonchev–Trinajstić information content (AvgIpc) is 3.22. The molecule has 0 aliphatic carbocycles. The van der Waals surface area contributed by atoms with E-state index in [0.717, 1.165) is 49.7 Å². The second-order valence-electron chi connectivity index (χ2n) is 7.07. The third-order valence-corrected chi connectivity index (χ3v) is 4.61. The van der Waals surface area contributed by atoms with Crippen LogP contribution in [0.3, 0.4) is 0 Å². The van der Waals surface area contributed by atoms with E-state index >= 15 is 0 Å². The summed E-state index contributed by atoms with van der Waals surface area (Å²) in [5, 5.41) is 6.57. The molecule has 3 aromatic rings. The third-order valence-electron chi connectivity index (χ3n) is 4.61. The van der Waals surface area contributed by atoms with E-state index in [2.05, 4.69) is 27.5 Å². The van der Waals surface area contributed by atoms with Crippen LogP contribution in [0.4, 0.5) is 0 Å². The van der Waals surface area contributed by atoms with Crippen molar-refractivity contribution in [3.8, 4) is 11.5 Å². The van der Waals surface area contributed by atoms with Crippen molar-refractivity contribution < 1.29 is 4.42 Å². The quantitative estimate of drug-likeness (QED) is 0.323. The summed E-state index contributed by atoms with van der Waals surface area (Å²) in [7, 11) is 0. The highest BCUT2D eigenvalue weighted by molar-refractivity contribution is 5.79. The zero-order valence-corrected chi connectivity index (χ0v) is 17.6. The van der Waals surface area contributed by atoms with Gasteiger partial charge in [-0.25, -0.2) is 9.98 Å². The van der Waals surface area contributed by atoms with Crippen molar-refractivity contribution >= 4 is 5.96 Å². The molecule has 0 unspecified atom stereocenters. The van der Waals surface area contributed by atoms with E-state index in [4.69, 9.17) is 4.42 Å². The van der Waals surface area contributed by atoms with Crippen LogP contribution in [0.2, 0.25) is 0 Å². The molecule has 2 heterocycles. The molecule has 0 saturated heterocycles. The second-order valence-corrected chi connectivity index (χ2v) is 7.07. The first-order chi connectivity index (χ1) is 14.7. The Hall–Kier alpha value is -3.35. The monoisotopic (exact) mass is 407 g/mol. The summed E-state index contributed by atoms with van der Waals surface area (Å²) in [6.45, 7) is 6.79. The molecule has 0 amide bonds. The Labute approximate surface area is 176 Å². The first kappa shape index (κ1) is 21.4. The number of unbranched alkanes of at least 4 members (excludes halogenated alkanes) is 1. The first-order valence-corrected chi connectivity index (χ1v) is 10.3. The summed E-state index contributed by atoms with van der Waals surface area (Å²) in [6.07, 6.45) is 5.33. The highest BCUT2D eigenvalue weighted by Gasteiger charge is 2.07. The minimum atomic E-state index is 0.0398. The van der Waals surface area contributed by atoms with Gasteiger partial charge >= 0.3 is 0 Å². The second kappa shape index (κ2) is 11.0. The summed E-state index contributed by atoms with van der Waals surface area (Å²) < 4.78 is 7.33. The number of nitrogens with zero attached hydrogens (tertiary/aromatic N) is 3. The average molecular weight is 408 g/mol. The summed E-state index contributed by atoms with van der Waals surface area (Å²) >= 11 is 0. The molecule has 7 nitrogen and oxygen atoms in total. The Balaban J connectivity index is 1.48. The summed E-state index contributed by atoms with van der Waals surface area (Å²) in [6, 6.07) is 13.3. The molecule has 0 aliphatic rings. The predicted molar refractivity (Wildman–Crippen MR) is 119 cm³/mol. The number of guanidine groups is 1. The van der Waals surface area contributed by atoms with Crippen LogP contribution in [0.1, 0.15) is 31.0 Å². The van der Waals surface area contributed by atoms with Crippen molar-refractivity contribution in [1.82, 2.24) is 20.2 Å². The highest BCUT2D eigenvalue weighted by Crippen LogP contribution is 2.19. The molecule has 0 bridgehead atoms. The number of rotatable bonds is 9. The maximum atomic E-state index is 11.7. The molecular formula is C23H29N5O2. The zero-order chi connectivity index (χ0) is 21.2. The number of benzene rings is 1. The van der Waals surface area contributed by atoms with Crippen molar-refractivity contribution in [2.75, 3.05) is 13.1 Å². The lowest BCUT2D eigenvalue weighted by Crippen LogP contribution is -2.37. The van der Waals surface area contributed by atoms with E-state index in [1.807, 2.05) is 43.5 Å². The van der Waals surface area contributed by atoms with Crippen LogP contribution >= 0.6 is 0 Å². The number of nitrogens with one attached hydrogen (secondary N) is 2. The fraction of sp³-hybridized carbons (Fsp3) is 0.348. The molecule has 3 rings (SSSR count). The van der Waals surface area contributed by atoms with Gasteiger partial charge < -0.3 is 19.6 Å². The topological polar surface area (TPSA) is 84.4 Å². The highest BCUT2D eigenvalue weighted by atomic mass is 16.3. The molecule has 0 atom stereocenters. The number of aliphatic imine (C=N–C) groups is 1. The zero-order valence-electron chi connectivity index (χ0n) is 17.6. The van der Waals surface area contributed by atoms with Crippen LogP contribution in [0.5, 0.6) is 0 Å². The van der Waals surface area contributed by atoms with Gasteiger partial charge in [-0.2, -0.15) is 0 Å². The smallest absolute Gasteiger partial charge is 0.250 e. The van der Waals surface area contributed by atoms with Crippen LogP contribution in [-0.2, 0) is 13.1 Å². The van der Waals surface area contributed by atoms with Gasteiger partial charge in [0.05, 0.1) is 6.54 Å². The lowest BCUT2D eigenvalue weighted by molar-refractivity contribution is 0.572. The molecule has 0 saturated carbocycles. The first-order valence-electron chi connectivity index (χ1n) is 10.3. The molecule has 2 aromatic heterocycles. The number of pyridine rings is 1. The molecule has 0 fully saturated rings. The Morgan fingerprint density at radius 1 is 1.13 bits per heavy atom. The van der Waals surface area contributed by atoms with Gasteiger partial charge in [-0.15, -0.1) is 0 Å². The van der Waals surface area contributed by atoms with Gasteiger partial charge in [0.15, 0.2) is 5.96 Å². The standard InChI is InChI=1S/C23H29N5O2/c1-3-24-23(25-13-5-7-15-28-14-6-4-8-21(28)29)26-16-20-17-30-22(27-20)19-11-9-18(2)10-12-19/h4,6,8-12,14,17H,3,5,7,13,15-16H2,1-2H3,(H2,24,25,26). The van der Waals surface area contributed by atoms with E-state index in [1.54, 1.807) is 23.0 Å². The Morgan fingerprint density at radius 3 is 2.73 bits per heavy atom. The Bertz CT molecular complexity index is 1000. The van der Waals surface area contributed by atoms with Crippen molar-refractivity contribution in [2.45, 2.75) is 39.8 Å². The Morgan fingerprint density at radius 2 is 1.97 bits per heavy atom. The minimum Gasteiger partial charge on any atom is -0.444 e. The fourth-order valence-corrected chi connectivity index (χ4v) is 2.97. The number of aromatic nitrogens is 2. The molecule has 0 radical (unpaired) electrons. The van der Waals surface area contributed by atoms with Gasteiger partial charge in [-0.3, -0.25) is 4.79 Å². The van der Waals surface area contributed by atoms with Gasteiger partial charge in [0.25, 0.3) is 0 Å². The van der Waals surface area contributed by atoms with Crippen molar-refractivity contribution in [2.24, 2.45) is 4.99 Å². The lowest BCUT2D eigenvalue weighted by atomic mass is 10.1. The molecule has 0 spiro atoms. The SMILES string of the molecule is CCNC(=NCc1coc(-c2ccc(C)cc2)n1)NCCCCn1ccccc1=O. The maximum absolute atomic E-state index is 11.7. The molecule has 1 aromatic carbocycles. The van der Waals surface area contributed by atoms with Gasteiger partial charge in [0.2, 0.25) is 11.4 Å². The van der Waals surface area contributed by atoms with Crippen LogP contribution in [0.25, 0.3) is 11.5 Å². The summed E-state index contributed by atoms with van der Waals surface area (Å²) in [5.74, 6) is 1.35. The number of oxazole rings is 1. The lowest BCUT2D eigenvalue weighted by Gasteiger charge is -2.11. The number of aryl methyl sites for hydroxylation is 2. The van der Waals surface area contributed by atoms with Gasteiger partial charge in [0, 0.05) is 37.5 Å². The fourth-order valence-electron chi connectivity index (χ4n) is 2.97. The van der Waals surface area contributed by atoms with Crippen LogP contribution in [0, 0.1) is 6.92 Å². The molecular weight excluding hydrogens is 378 g/mol. The third kappa shape index (κ3) is 6.34. The largest absolute Gasteiger partial charge is 0.444 e. The molecule has 0 aliphatic heterocycles. The van der Waals surface area contributed by atoms with Crippen LogP contribution in [-0.4, -0.2) is 28.6 Å². The summed E-state index contributed by atoms with van der Waals surface area (Å²) in [4.78, 5) is 20.8. The molecule has 158 valence electrons. The predicted octanol–water partition coefficient (Wildman–Crippen LogP) is 3.35. The minimum absolute atomic E-state index is 0.0398. The summed E-state index contributed by atoms with van der Waals surface area (Å²) in [5.41, 5.74) is 2.98. The van der Waals surface area contributed by atoms with Crippen molar-refractivity contribution in [3.05, 3.63) is 76.5 Å². The van der Waals surface area contributed by atoms with Gasteiger partial charge in [-0.05, 0) is 44.9 Å². The molecule has 30 heavy (non-hydrogen) atoms. The Kier molecular flexibility index (Phi) is 7.83. The number of hydrogen-bond donors (Lipinski definition) is 2. The van der Waals surface area contributed by atoms with E-state index in [0.29, 0.717) is 12.4 Å². The van der Waals surface area contributed by atoms with E-state index < -0.39 is 0 Å². The van der Waals surface area contributed by atoms with E-state index in [9.17, 15) is 4.79 Å². The van der Waals surface area contributed by atoms with Crippen molar-refractivity contribution in [3.63, 3.8) is 0 Å². The van der Waals surface area contributed by atoms with E-state index in [1.165, 1.54) is 5.56 Å². The normalized spacial score (nSPS) is 11.5. The molecule has 2 N–H and O–H groups in total. The number of hydrogen-bond acceptors (Lipinski definition) is 4. The van der Waals surface area contributed by atoms with Gasteiger partial charge in [0.1, 0.15) is 12.0 Å². The maximum Gasteiger partial charge on any atom is 0.250 e. The van der Waals surface area contributed by atoms with Crippen molar-refractivity contribution in [1.29, 1.82) is 0 Å².